The van der Waals surface area contributed by atoms with Crippen LogP contribution < -0.4 is 0 Å². The van der Waals surface area contributed by atoms with Crippen LogP contribution in [0, 0.1) is 23.4 Å². The first-order valence-corrected chi connectivity index (χ1v) is 9.54. The number of rotatable bonds is 6. The Morgan fingerprint density at radius 1 is 0.815 bits per heavy atom. The minimum absolute atomic E-state index is 0.336. The molecule has 0 bridgehead atoms. The molecule has 0 spiro atoms. The van der Waals surface area contributed by atoms with Crippen molar-refractivity contribution in [3.8, 4) is 11.1 Å². The smallest absolute Gasteiger partial charge is 0.194 e. The number of hydrogen-bond donors (Lipinski definition) is 0. The van der Waals surface area contributed by atoms with Gasteiger partial charge in [0, 0.05) is 0 Å². The second-order valence-corrected chi connectivity index (χ2v) is 7.30. The lowest BCUT2D eigenvalue weighted by molar-refractivity contribution is 0.312. The van der Waals surface area contributed by atoms with Crippen LogP contribution >= 0.6 is 0 Å². The lowest BCUT2D eigenvalue weighted by atomic mass is 9.77. The van der Waals surface area contributed by atoms with Crippen molar-refractivity contribution < 1.29 is 17.6 Å². The first kappa shape index (κ1) is 19.7. The molecule has 3 rings (SSSR count). The van der Waals surface area contributed by atoms with Crippen LogP contribution in [0.25, 0.3) is 11.1 Å². The molecule has 0 N–H and O–H groups in total. The van der Waals surface area contributed by atoms with Crippen LogP contribution in [-0.2, 0) is 0 Å². The molecule has 0 aromatic heterocycles. The van der Waals surface area contributed by atoms with Crippen LogP contribution in [0.5, 0.6) is 0 Å². The van der Waals surface area contributed by atoms with Gasteiger partial charge in [0.1, 0.15) is 6.67 Å². The molecule has 0 amide bonds. The lowest BCUT2D eigenvalue weighted by Crippen LogP contribution is -2.13. The Balaban J connectivity index is 1.59. The largest absolute Gasteiger partial charge is 0.247 e. The zero-order valence-electron chi connectivity index (χ0n) is 15.2. The Morgan fingerprint density at radius 3 is 2.04 bits per heavy atom. The molecule has 1 saturated carbocycles. The molecule has 0 unspecified atom stereocenters. The Labute approximate surface area is 157 Å². The van der Waals surface area contributed by atoms with Gasteiger partial charge < -0.3 is 0 Å². The molecule has 4 heteroatoms. The summed E-state index contributed by atoms with van der Waals surface area (Å²) in [7, 11) is 0. The van der Waals surface area contributed by atoms with E-state index in [4.69, 9.17) is 0 Å². The van der Waals surface area contributed by atoms with Crippen molar-refractivity contribution in [2.75, 3.05) is 6.67 Å². The summed E-state index contributed by atoms with van der Waals surface area (Å²) in [6.07, 6.45) is 10.1. The summed E-state index contributed by atoms with van der Waals surface area (Å²) < 4.78 is 52.0. The Morgan fingerprint density at radius 2 is 1.44 bits per heavy atom. The van der Waals surface area contributed by atoms with Gasteiger partial charge in [0.15, 0.2) is 17.5 Å². The molecule has 1 aliphatic rings. The van der Waals surface area contributed by atoms with Crippen molar-refractivity contribution in [2.24, 2.45) is 5.92 Å². The number of benzene rings is 2. The van der Waals surface area contributed by atoms with Crippen molar-refractivity contribution in [2.45, 2.75) is 44.4 Å². The van der Waals surface area contributed by atoms with Crippen LogP contribution in [0.4, 0.5) is 17.6 Å². The van der Waals surface area contributed by atoms with Crippen molar-refractivity contribution in [1.29, 1.82) is 0 Å². The van der Waals surface area contributed by atoms with E-state index in [2.05, 4.69) is 0 Å². The molecule has 0 heterocycles. The van der Waals surface area contributed by atoms with Gasteiger partial charge in [-0.2, -0.15) is 0 Å². The highest BCUT2D eigenvalue weighted by atomic mass is 19.2. The third kappa shape index (κ3) is 5.00. The van der Waals surface area contributed by atoms with E-state index in [1.165, 1.54) is 18.4 Å². The SMILES string of the molecule is FC/C=C/CC[C@H]1CC[C@H](c2ccc(-c3cc(F)c(F)c(F)c3)cc2)CC1. The van der Waals surface area contributed by atoms with Crippen LogP contribution in [0.3, 0.4) is 0 Å². The molecule has 0 atom stereocenters. The average Bonchev–Trinajstić information content (AvgIpc) is 2.70. The third-order valence-corrected chi connectivity index (χ3v) is 5.54. The molecule has 0 radical (unpaired) electrons. The fraction of sp³-hybridized carbons (Fsp3) is 0.391. The van der Waals surface area contributed by atoms with Gasteiger partial charge in [-0.1, -0.05) is 36.4 Å². The van der Waals surface area contributed by atoms with Crippen molar-refractivity contribution in [3.63, 3.8) is 0 Å². The van der Waals surface area contributed by atoms with Gasteiger partial charge in [-0.05, 0) is 79.2 Å². The summed E-state index contributed by atoms with van der Waals surface area (Å²) in [6.45, 7) is -0.389. The van der Waals surface area contributed by atoms with Crippen molar-refractivity contribution in [3.05, 3.63) is 71.6 Å². The fourth-order valence-electron chi connectivity index (χ4n) is 3.97. The summed E-state index contributed by atoms with van der Waals surface area (Å²) in [5.41, 5.74) is 2.24. The van der Waals surface area contributed by atoms with Crippen molar-refractivity contribution >= 4 is 0 Å². The third-order valence-electron chi connectivity index (χ3n) is 5.54. The minimum atomic E-state index is -1.44. The molecule has 0 saturated heterocycles. The van der Waals surface area contributed by atoms with Crippen molar-refractivity contribution in [1.82, 2.24) is 0 Å². The Bertz CT molecular complexity index is 748. The zero-order valence-corrected chi connectivity index (χ0v) is 15.2. The summed E-state index contributed by atoms with van der Waals surface area (Å²) in [4.78, 5) is 0. The molecule has 1 aliphatic carbocycles. The highest BCUT2D eigenvalue weighted by molar-refractivity contribution is 5.64. The van der Waals surface area contributed by atoms with Gasteiger partial charge in [-0.15, -0.1) is 0 Å². The van der Waals surface area contributed by atoms with Gasteiger partial charge in [0.2, 0.25) is 0 Å². The second-order valence-electron chi connectivity index (χ2n) is 7.30. The minimum Gasteiger partial charge on any atom is -0.247 e. The normalized spacial score (nSPS) is 20.3. The van der Waals surface area contributed by atoms with E-state index in [1.54, 1.807) is 6.08 Å². The lowest BCUT2D eigenvalue weighted by Gasteiger charge is -2.28. The molecular formula is C23H24F4. The molecule has 0 aliphatic heterocycles. The van der Waals surface area contributed by atoms with E-state index in [0.29, 0.717) is 23.0 Å². The summed E-state index contributed by atoms with van der Waals surface area (Å²) in [5, 5.41) is 0. The highest BCUT2D eigenvalue weighted by Crippen LogP contribution is 2.38. The summed E-state index contributed by atoms with van der Waals surface area (Å²) >= 11 is 0. The number of halogens is 4. The molecule has 1 fully saturated rings. The average molecular weight is 376 g/mol. The maximum Gasteiger partial charge on any atom is 0.194 e. The van der Waals surface area contributed by atoms with Crippen LogP contribution in [0.1, 0.15) is 50.0 Å². The monoisotopic (exact) mass is 376 g/mol. The first-order chi connectivity index (χ1) is 13.1. The van der Waals surface area contributed by atoms with Gasteiger partial charge in [0.05, 0.1) is 0 Å². The standard InChI is InChI=1S/C23H24F4/c24-13-3-1-2-4-16-5-7-17(8-6-16)18-9-11-19(12-10-18)20-14-21(25)23(27)22(26)15-20/h1,3,9-12,14-17H,2,4-8,13H2/b3-1+/t16-,17-. The van der Waals surface area contributed by atoms with E-state index in [-0.39, 0.29) is 6.67 Å². The second kappa shape index (κ2) is 9.20. The molecule has 144 valence electrons. The zero-order chi connectivity index (χ0) is 19.2. The quantitative estimate of drug-likeness (QED) is 0.281. The van der Waals surface area contributed by atoms with Crippen LogP contribution in [0.2, 0.25) is 0 Å². The van der Waals surface area contributed by atoms with E-state index >= 15 is 0 Å². The Kier molecular flexibility index (Phi) is 6.70. The number of alkyl halides is 1. The van der Waals surface area contributed by atoms with E-state index in [9.17, 15) is 17.6 Å². The van der Waals surface area contributed by atoms with Crippen LogP contribution in [-0.4, -0.2) is 6.67 Å². The molecule has 0 nitrogen and oxygen atoms in total. The van der Waals surface area contributed by atoms with E-state index in [0.717, 1.165) is 37.8 Å². The molecule has 2 aromatic rings. The van der Waals surface area contributed by atoms with Gasteiger partial charge in [-0.3, -0.25) is 0 Å². The van der Waals surface area contributed by atoms with Gasteiger partial charge in [0.25, 0.3) is 0 Å². The first-order valence-electron chi connectivity index (χ1n) is 9.54. The predicted molar refractivity (Wildman–Crippen MR) is 101 cm³/mol. The molecule has 2 aromatic carbocycles. The highest BCUT2D eigenvalue weighted by Gasteiger charge is 2.22. The van der Waals surface area contributed by atoms with E-state index < -0.39 is 17.5 Å². The molecule has 27 heavy (non-hydrogen) atoms. The Hall–Kier alpha value is -2.10. The van der Waals surface area contributed by atoms with Gasteiger partial charge >= 0.3 is 0 Å². The molecular weight excluding hydrogens is 352 g/mol. The summed E-state index contributed by atoms with van der Waals surface area (Å²) in [6, 6.07) is 9.74. The maximum atomic E-state index is 13.4. The topological polar surface area (TPSA) is 0 Å². The number of allylic oxidation sites excluding steroid dienone is 2. The summed E-state index contributed by atoms with van der Waals surface area (Å²) in [5.74, 6) is -2.58. The fourth-order valence-corrected chi connectivity index (χ4v) is 3.97. The van der Waals surface area contributed by atoms with E-state index in [1.807, 2.05) is 30.3 Å². The maximum absolute atomic E-state index is 13.4. The van der Waals surface area contributed by atoms with Gasteiger partial charge in [-0.25, -0.2) is 17.6 Å². The van der Waals surface area contributed by atoms with Crippen LogP contribution in [0.15, 0.2) is 48.6 Å². The number of hydrogen-bond acceptors (Lipinski definition) is 0. The predicted octanol–water partition coefficient (Wildman–Crippen LogP) is 7.35.